The molecule has 0 fully saturated rings. The quantitative estimate of drug-likeness (QED) is 0.451. The van der Waals surface area contributed by atoms with Crippen molar-refractivity contribution in [3.63, 3.8) is 0 Å². The van der Waals surface area contributed by atoms with Crippen LogP contribution in [-0.2, 0) is 0 Å². The van der Waals surface area contributed by atoms with Crippen LogP contribution in [0.2, 0.25) is 0 Å². The van der Waals surface area contributed by atoms with E-state index >= 15 is 0 Å². The van der Waals surface area contributed by atoms with Crippen molar-refractivity contribution in [1.82, 2.24) is 19.6 Å². The number of pyridine rings is 1. The van der Waals surface area contributed by atoms with Crippen molar-refractivity contribution in [2.24, 2.45) is 0 Å². The zero-order valence-electron chi connectivity index (χ0n) is 15.5. The van der Waals surface area contributed by atoms with E-state index in [4.69, 9.17) is 4.74 Å². The molecular formula is C21H20N4O2S. The third-order valence-corrected chi connectivity index (χ3v) is 5.27. The van der Waals surface area contributed by atoms with E-state index in [1.165, 1.54) is 28.7 Å². The highest BCUT2D eigenvalue weighted by Crippen LogP contribution is 2.16. The monoisotopic (exact) mass is 392 g/mol. The fraction of sp³-hybridized carbons (Fsp3) is 0.238. The summed E-state index contributed by atoms with van der Waals surface area (Å²) in [4.78, 5) is 21.7. The fourth-order valence-electron chi connectivity index (χ4n) is 2.81. The van der Waals surface area contributed by atoms with Crippen LogP contribution in [0.4, 0.5) is 0 Å². The van der Waals surface area contributed by atoms with E-state index in [9.17, 15) is 4.79 Å². The predicted octanol–water partition coefficient (Wildman–Crippen LogP) is 3.33. The zero-order valence-corrected chi connectivity index (χ0v) is 16.4. The van der Waals surface area contributed by atoms with Gasteiger partial charge in [-0.2, -0.15) is 9.50 Å². The van der Waals surface area contributed by atoms with Crippen molar-refractivity contribution in [3.05, 3.63) is 69.2 Å². The lowest BCUT2D eigenvalue weighted by Crippen LogP contribution is -2.23. The molecule has 0 unspecified atom stereocenters. The molecule has 0 aliphatic rings. The normalized spacial score (nSPS) is 12.0. The largest absolute Gasteiger partial charge is 0.494 e. The van der Waals surface area contributed by atoms with Crippen LogP contribution in [0, 0.1) is 0 Å². The number of hydrogen-bond acceptors (Lipinski definition) is 6. The molecule has 3 aromatic heterocycles. The Kier molecular flexibility index (Phi) is 5.43. The van der Waals surface area contributed by atoms with Crippen LogP contribution < -0.4 is 14.8 Å². The van der Waals surface area contributed by atoms with Gasteiger partial charge in [0.15, 0.2) is 5.82 Å². The van der Waals surface area contributed by atoms with E-state index in [1.54, 1.807) is 12.4 Å². The number of thiazole rings is 1. The molecule has 0 saturated heterocycles. The second kappa shape index (κ2) is 8.31. The SMILES string of the molecule is CCCCCOc1ccc(/C=c2\sc3nc(-c4ccncc4)nn3c2=O)cc1. The standard InChI is InChI=1S/C21H20N4O2S/c1-2-3-4-13-27-17-7-5-15(6-8-17)14-18-20(26)25-21(28-18)23-19(24-25)16-9-11-22-12-10-16/h5-12,14H,2-4,13H2,1H3/b18-14-. The minimum atomic E-state index is -0.160. The zero-order chi connectivity index (χ0) is 19.3. The molecule has 0 radical (unpaired) electrons. The van der Waals surface area contributed by atoms with Gasteiger partial charge in [-0.05, 0) is 42.3 Å². The molecule has 0 N–H and O–H groups in total. The Bertz CT molecular complexity index is 1170. The molecule has 4 aromatic rings. The Labute approximate surface area is 166 Å². The second-order valence-corrected chi connectivity index (χ2v) is 7.42. The van der Waals surface area contributed by atoms with E-state index in [0.717, 1.165) is 29.9 Å². The first kappa shape index (κ1) is 18.3. The summed E-state index contributed by atoms with van der Waals surface area (Å²) < 4.78 is 7.69. The van der Waals surface area contributed by atoms with Gasteiger partial charge in [0, 0.05) is 18.0 Å². The summed E-state index contributed by atoms with van der Waals surface area (Å²) in [7, 11) is 0. The number of ether oxygens (including phenoxy) is 1. The topological polar surface area (TPSA) is 69.4 Å². The van der Waals surface area contributed by atoms with Crippen LogP contribution in [0.1, 0.15) is 31.7 Å². The minimum absolute atomic E-state index is 0.160. The summed E-state index contributed by atoms with van der Waals surface area (Å²) in [6.45, 7) is 2.90. The first-order chi connectivity index (χ1) is 13.7. The lowest BCUT2D eigenvalue weighted by molar-refractivity contribution is 0.306. The van der Waals surface area contributed by atoms with Gasteiger partial charge in [0.25, 0.3) is 5.56 Å². The number of nitrogens with zero attached hydrogens (tertiary/aromatic N) is 4. The number of fused-ring (bicyclic) bond motifs is 1. The molecule has 0 aliphatic carbocycles. The highest BCUT2D eigenvalue weighted by Gasteiger charge is 2.11. The highest BCUT2D eigenvalue weighted by atomic mass is 32.1. The number of rotatable bonds is 7. The van der Waals surface area contributed by atoms with Crippen molar-refractivity contribution in [1.29, 1.82) is 0 Å². The molecule has 0 bridgehead atoms. The van der Waals surface area contributed by atoms with Crippen molar-refractivity contribution >= 4 is 22.4 Å². The Morgan fingerprint density at radius 1 is 1.11 bits per heavy atom. The molecule has 142 valence electrons. The predicted molar refractivity (Wildman–Crippen MR) is 111 cm³/mol. The summed E-state index contributed by atoms with van der Waals surface area (Å²) in [6, 6.07) is 11.4. The van der Waals surface area contributed by atoms with Crippen molar-refractivity contribution in [2.75, 3.05) is 6.61 Å². The maximum atomic E-state index is 12.6. The Hall–Kier alpha value is -3.06. The maximum Gasteiger partial charge on any atom is 0.291 e. The van der Waals surface area contributed by atoms with Gasteiger partial charge in [0.1, 0.15) is 5.75 Å². The van der Waals surface area contributed by atoms with E-state index < -0.39 is 0 Å². The molecule has 28 heavy (non-hydrogen) atoms. The summed E-state index contributed by atoms with van der Waals surface area (Å²) in [5.41, 5.74) is 1.62. The third-order valence-electron chi connectivity index (χ3n) is 4.31. The molecule has 1 aromatic carbocycles. The highest BCUT2D eigenvalue weighted by molar-refractivity contribution is 7.15. The first-order valence-electron chi connectivity index (χ1n) is 9.29. The van der Waals surface area contributed by atoms with Gasteiger partial charge < -0.3 is 4.74 Å². The van der Waals surface area contributed by atoms with Gasteiger partial charge in [-0.1, -0.05) is 43.2 Å². The minimum Gasteiger partial charge on any atom is -0.494 e. The van der Waals surface area contributed by atoms with Gasteiger partial charge in [0.2, 0.25) is 4.96 Å². The van der Waals surface area contributed by atoms with Gasteiger partial charge in [-0.3, -0.25) is 9.78 Å². The Morgan fingerprint density at radius 3 is 2.61 bits per heavy atom. The molecule has 0 spiro atoms. The van der Waals surface area contributed by atoms with Gasteiger partial charge in [-0.15, -0.1) is 5.10 Å². The van der Waals surface area contributed by atoms with Gasteiger partial charge >= 0.3 is 0 Å². The lowest BCUT2D eigenvalue weighted by Gasteiger charge is -2.05. The van der Waals surface area contributed by atoms with Crippen LogP contribution in [0.3, 0.4) is 0 Å². The van der Waals surface area contributed by atoms with Crippen LogP contribution in [0.5, 0.6) is 5.75 Å². The average Bonchev–Trinajstić information content (AvgIpc) is 3.27. The number of hydrogen-bond donors (Lipinski definition) is 0. The van der Waals surface area contributed by atoms with E-state index in [1.807, 2.05) is 42.5 Å². The van der Waals surface area contributed by atoms with Crippen molar-refractivity contribution < 1.29 is 4.74 Å². The Morgan fingerprint density at radius 2 is 1.89 bits per heavy atom. The number of unbranched alkanes of at least 4 members (excludes halogenated alkanes) is 2. The van der Waals surface area contributed by atoms with Crippen molar-refractivity contribution in [3.8, 4) is 17.1 Å². The molecule has 0 amide bonds. The van der Waals surface area contributed by atoms with Crippen LogP contribution in [-0.4, -0.2) is 26.2 Å². The van der Waals surface area contributed by atoms with Crippen LogP contribution in [0.15, 0.2) is 53.6 Å². The molecule has 3 heterocycles. The van der Waals surface area contributed by atoms with Gasteiger partial charge in [0.05, 0.1) is 11.1 Å². The van der Waals surface area contributed by atoms with Crippen LogP contribution in [0.25, 0.3) is 22.4 Å². The molecular weight excluding hydrogens is 372 g/mol. The van der Waals surface area contributed by atoms with E-state index in [0.29, 0.717) is 15.3 Å². The molecule has 6 nitrogen and oxygen atoms in total. The smallest absolute Gasteiger partial charge is 0.291 e. The summed E-state index contributed by atoms with van der Waals surface area (Å²) >= 11 is 1.33. The fourth-order valence-corrected chi connectivity index (χ4v) is 3.72. The van der Waals surface area contributed by atoms with Gasteiger partial charge in [-0.25, -0.2) is 0 Å². The average molecular weight is 392 g/mol. The molecule has 7 heteroatoms. The maximum absolute atomic E-state index is 12.6. The second-order valence-electron chi connectivity index (χ2n) is 6.41. The molecule has 0 atom stereocenters. The van der Waals surface area contributed by atoms with Crippen LogP contribution >= 0.6 is 11.3 Å². The summed E-state index contributed by atoms with van der Waals surface area (Å²) in [5, 5.41) is 4.34. The Balaban J connectivity index is 1.55. The number of benzene rings is 1. The summed E-state index contributed by atoms with van der Waals surface area (Å²) in [6.07, 6.45) is 8.63. The van der Waals surface area contributed by atoms with E-state index in [-0.39, 0.29) is 5.56 Å². The van der Waals surface area contributed by atoms with E-state index in [2.05, 4.69) is 22.0 Å². The van der Waals surface area contributed by atoms with Crippen molar-refractivity contribution in [2.45, 2.75) is 26.2 Å². The summed E-state index contributed by atoms with van der Waals surface area (Å²) in [5.74, 6) is 1.38. The molecule has 0 saturated carbocycles. The lowest BCUT2D eigenvalue weighted by atomic mass is 10.2. The third kappa shape index (κ3) is 3.94. The molecule has 0 aliphatic heterocycles. The number of aromatic nitrogens is 4. The first-order valence-corrected chi connectivity index (χ1v) is 10.1. The molecule has 4 rings (SSSR count).